The van der Waals surface area contributed by atoms with Gasteiger partial charge in [0, 0.05) is 13.0 Å². The van der Waals surface area contributed by atoms with Gasteiger partial charge in [0.25, 0.3) is 0 Å². The van der Waals surface area contributed by atoms with E-state index < -0.39 is 17.9 Å². The van der Waals surface area contributed by atoms with Crippen LogP contribution < -0.4 is 11.1 Å². The van der Waals surface area contributed by atoms with Crippen molar-refractivity contribution >= 4 is 17.7 Å². The number of nitriles is 1. The Labute approximate surface area is 98.5 Å². The molecule has 7 heteroatoms. The Morgan fingerprint density at radius 1 is 1.59 bits per heavy atom. The summed E-state index contributed by atoms with van der Waals surface area (Å²) in [5.74, 6) is -1.36. The summed E-state index contributed by atoms with van der Waals surface area (Å²) in [5.41, 5.74) is 5.51. The molecule has 3 amide bonds. The monoisotopic (exact) mass is 238 g/mol. The van der Waals surface area contributed by atoms with Crippen LogP contribution in [-0.4, -0.2) is 41.8 Å². The number of rotatable bonds is 4. The summed E-state index contributed by atoms with van der Waals surface area (Å²) in [6.45, 7) is -0.117. The molecule has 92 valence electrons. The van der Waals surface area contributed by atoms with E-state index in [1.54, 1.807) is 0 Å². The lowest BCUT2D eigenvalue weighted by Gasteiger charge is -2.27. The first-order chi connectivity index (χ1) is 8.06. The van der Waals surface area contributed by atoms with E-state index in [-0.39, 0.29) is 31.8 Å². The molecule has 1 aliphatic rings. The van der Waals surface area contributed by atoms with E-state index in [0.717, 1.165) is 4.90 Å². The molecule has 1 fully saturated rings. The lowest BCUT2D eigenvalue weighted by atomic mass is 10.1. The summed E-state index contributed by atoms with van der Waals surface area (Å²) < 4.78 is 0. The fraction of sp³-hybridized carbons (Fsp3) is 0.600. The van der Waals surface area contributed by atoms with Gasteiger partial charge < -0.3 is 11.1 Å². The van der Waals surface area contributed by atoms with E-state index >= 15 is 0 Å². The smallest absolute Gasteiger partial charge is 0.246 e. The number of carbonyl (C=O) groups excluding carboxylic acids is 3. The molecule has 0 aliphatic carbocycles. The van der Waals surface area contributed by atoms with E-state index in [1.165, 1.54) is 0 Å². The zero-order valence-electron chi connectivity index (χ0n) is 9.31. The Morgan fingerprint density at radius 3 is 2.94 bits per heavy atom. The minimum absolute atomic E-state index is 0.179. The van der Waals surface area contributed by atoms with Crippen molar-refractivity contribution in [2.24, 2.45) is 5.73 Å². The molecule has 1 aliphatic heterocycles. The standard InChI is InChI=1S/C10H14N4O3/c11-4-1-5-13-8(15)6-14-9(16)3-2-7(12)10(14)17/h7H,1-3,5-6,12H2,(H,13,15). The van der Waals surface area contributed by atoms with Crippen LogP contribution in [0.2, 0.25) is 0 Å². The Balaban J connectivity index is 2.48. The predicted molar refractivity (Wildman–Crippen MR) is 57.2 cm³/mol. The second-order valence-electron chi connectivity index (χ2n) is 3.72. The molecular formula is C10H14N4O3. The minimum atomic E-state index is -0.709. The summed E-state index contributed by atoms with van der Waals surface area (Å²) in [4.78, 5) is 35.2. The molecule has 17 heavy (non-hydrogen) atoms. The third-order valence-corrected chi connectivity index (χ3v) is 2.41. The molecule has 1 saturated heterocycles. The highest BCUT2D eigenvalue weighted by Crippen LogP contribution is 2.10. The maximum Gasteiger partial charge on any atom is 0.246 e. The number of carbonyl (C=O) groups is 3. The van der Waals surface area contributed by atoms with Gasteiger partial charge >= 0.3 is 0 Å². The van der Waals surface area contributed by atoms with Crippen LogP contribution in [0, 0.1) is 11.3 Å². The van der Waals surface area contributed by atoms with Gasteiger partial charge in [-0.1, -0.05) is 0 Å². The first kappa shape index (κ1) is 13.1. The van der Waals surface area contributed by atoms with Crippen molar-refractivity contribution in [1.29, 1.82) is 5.26 Å². The van der Waals surface area contributed by atoms with Crippen molar-refractivity contribution in [2.75, 3.05) is 13.1 Å². The Hall–Kier alpha value is -1.94. The molecule has 0 saturated carbocycles. The van der Waals surface area contributed by atoms with Gasteiger partial charge in [0.05, 0.1) is 18.5 Å². The molecule has 0 aromatic rings. The van der Waals surface area contributed by atoms with Crippen LogP contribution in [-0.2, 0) is 14.4 Å². The van der Waals surface area contributed by atoms with Crippen LogP contribution in [0.3, 0.4) is 0 Å². The first-order valence-electron chi connectivity index (χ1n) is 5.29. The van der Waals surface area contributed by atoms with Gasteiger partial charge in [-0.3, -0.25) is 19.3 Å². The lowest BCUT2D eigenvalue weighted by molar-refractivity contribution is -0.151. The topological polar surface area (TPSA) is 116 Å². The zero-order valence-corrected chi connectivity index (χ0v) is 9.31. The highest BCUT2D eigenvalue weighted by atomic mass is 16.2. The maximum atomic E-state index is 11.5. The van der Waals surface area contributed by atoms with E-state index in [2.05, 4.69) is 5.32 Å². The molecule has 0 aromatic carbocycles. The minimum Gasteiger partial charge on any atom is -0.354 e. The van der Waals surface area contributed by atoms with Crippen LogP contribution in [0.25, 0.3) is 0 Å². The van der Waals surface area contributed by atoms with Crippen molar-refractivity contribution in [3.05, 3.63) is 0 Å². The average Bonchev–Trinajstić information content (AvgIpc) is 2.30. The van der Waals surface area contributed by atoms with Gasteiger partial charge in [-0.15, -0.1) is 0 Å². The molecule has 0 radical (unpaired) electrons. The second kappa shape index (κ2) is 5.96. The number of nitrogens with one attached hydrogen (secondary N) is 1. The van der Waals surface area contributed by atoms with Crippen LogP contribution >= 0.6 is 0 Å². The SMILES string of the molecule is N#CCCNC(=O)CN1C(=O)CCC(N)C1=O. The summed E-state index contributed by atoms with van der Waals surface area (Å²) >= 11 is 0. The number of imide groups is 1. The second-order valence-corrected chi connectivity index (χ2v) is 3.72. The van der Waals surface area contributed by atoms with Gasteiger partial charge in [0.1, 0.15) is 6.54 Å². The molecule has 1 heterocycles. The van der Waals surface area contributed by atoms with Gasteiger partial charge in [-0.2, -0.15) is 5.26 Å². The molecule has 1 rings (SSSR count). The molecular weight excluding hydrogens is 224 g/mol. The first-order valence-corrected chi connectivity index (χ1v) is 5.29. The predicted octanol–water partition coefficient (Wildman–Crippen LogP) is -1.51. The molecule has 1 atom stereocenters. The fourth-order valence-corrected chi connectivity index (χ4v) is 1.48. The van der Waals surface area contributed by atoms with Gasteiger partial charge in [-0.05, 0) is 6.42 Å². The number of piperidine rings is 1. The van der Waals surface area contributed by atoms with E-state index in [9.17, 15) is 14.4 Å². The fourth-order valence-electron chi connectivity index (χ4n) is 1.48. The molecule has 7 nitrogen and oxygen atoms in total. The summed E-state index contributed by atoms with van der Waals surface area (Å²) in [6.07, 6.45) is 0.690. The van der Waals surface area contributed by atoms with E-state index in [0.29, 0.717) is 6.42 Å². The number of nitrogens with two attached hydrogens (primary N) is 1. The van der Waals surface area contributed by atoms with Crippen molar-refractivity contribution in [2.45, 2.75) is 25.3 Å². The molecule has 3 N–H and O–H groups in total. The summed E-state index contributed by atoms with van der Waals surface area (Å²) in [6, 6.07) is 1.16. The zero-order chi connectivity index (χ0) is 12.8. The average molecular weight is 238 g/mol. The van der Waals surface area contributed by atoms with Crippen LogP contribution in [0.15, 0.2) is 0 Å². The van der Waals surface area contributed by atoms with Crippen molar-refractivity contribution in [1.82, 2.24) is 10.2 Å². The molecule has 0 aromatic heterocycles. The number of amides is 3. The molecule has 1 unspecified atom stereocenters. The van der Waals surface area contributed by atoms with Crippen molar-refractivity contribution in [3.63, 3.8) is 0 Å². The largest absolute Gasteiger partial charge is 0.354 e. The number of hydrogen-bond donors (Lipinski definition) is 2. The lowest BCUT2D eigenvalue weighted by Crippen LogP contribution is -2.54. The van der Waals surface area contributed by atoms with Crippen LogP contribution in [0.4, 0.5) is 0 Å². The van der Waals surface area contributed by atoms with Crippen molar-refractivity contribution in [3.8, 4) is 6.07 Å². The highest BCUT2D eigenvalue weighted by molar-refractivity contribution is 6.03. The van der Waals surface area contributed by atoms with Crippen molar-refractivity contribution < 1.29 is 14.4 Å². The Bertz CT molecular complexity index is 374. The number of likely N-dealkylation sites (tertiary alicyclic amines) is 1. The molecule has 0 bridgehead atoms. The Morgan fingerprint density at radius 2 is 2.29 bits per heavy atom. The maximum absolute atomic E-state index is 11.5. The van der Waals surface area contributed by atoms with E-state index in [4.69, 9.17) is 11.0 Å². The summed E-state index contributed by atoms with van der Waals surface area (Å²) in [7, 11) is 0. The van der Waals surface area contributed by atoms with Gasteiger partial charge in [0.15, 0.2) is 0 Å². The normalized spacial score (nSPS) is 20.0. The van der Waals surface area contributed by atoms with Crippen LogP contribution in [0.1, 0.15) is 19.3 Å². The van der Waals surface area contributed by atoms with E-state index in [1.807, 2.05) is 6.07 Å². The third-order valence-electron chi connectivity index (χ3n) is 2.41. The van der Waals surface area contributed by atoms with Crippen LogP contribution in [0.5, 0.6) is 0 Å². The molecule has 0 spiro atoms. The Kier molecular flexibility index (Phi) is 4.60. The summed E-state index contributed by atoms with van der Waals surface area (Å²) in [5, 5.41) is 10.7. The van der Waals surface area contributed by atoms with Gasteiger partial charge in [-0.25, -0.2) is 0 Å². The number of hydrogen-bond acceptors (Lipinski definition) is 5. The van der Waals surface area contributed by atoms with Gasteiger partial charge in [0.2, 0.25) is 17.7 Å². The quantitative estimate of drug-likeness (QED) is 0.456. The number of nitrogens with zero attached hydrogens (tertiary/aromatic N) is 2. The third kappa shape index (κ3) is 3.53. The highest BCUT2D eigenvalue weighted by Gasteiger charge is 2.32.